The zero-order valence-corrected chi connectivity index (χ0v) is 16.0. The zero-order chi connectivity index (χ0) is 19.1. The highest BCUT2D eigenvalue weighted by molar-refractivity contribution is 5.79. The Bertz CT molecular complexity index is 726. The van der Waals surface area contributed by atoms with E-state index in [4.69, 9.17) is 9.47 Å². The quantitative estimate of drug-likeness (QED) is 0.328. The summed E-state index contributed by atoms with van der Waals surface area (Å²) in [6.07, 6.45) is 5.42. The van der Waals surface area contributed by atoms with E-state index < -0.39 is 0 Å². The predicted molar refractivity (Wildman–Crippen MR) is 101 cm³/mol. The number of aliphatic hydroxyl groups excluding tert-OH is 1. The molecule has 0 saturated carbocycles. The van der Waals surface area contributed by atoms with Crippen molar-refractivity contribution < 1.29 is 19.4 Å². The van der Waals surface area contributed by atoms with Gasteiger partial charge in [-0.25, -0.2) is 0 Å². The lowest BCUT2D eigenvalue weighted by molar-refractivity contribution is -0.105. The summed E-state index contributed by atoms with van der Waals surface area (Å²) >= 11 is 0. The van der Waals surface area contributed by atoms with Crippen molar-refractivity contribution in [2.45, 2.75) is 46.6 Å². The van der Waals surface area contributed by atoms with Crippen molar-refractivity contribution in [2.75, 3.05) is 19.8 Å². The molecule has 26 heavy (non-hydrogen) atoms. The summed E-state index contributed by atoms with van der Waals surface area (Å²) in [6.45, 7) is 9.27. The van der Waals surface area contributed by atoms with Crippen molar-refractivity contribution in [1.29, 1.82) is 0 Å². The minimum atomic E-state index is -0.0425. The number of carbonyl (C=O) groups excluding carboxylic acids is 1. The van der Waals surface area contributed by atoms with Gasteiger partial charge in [0.25, 0.3) is 0 Å². The van der Waals surface area contributed by atoms with E-state index >= 15 is 0 Å². The molecule has 1 aliphatic heterocycles. The zero-order valence-electron chi connectivity index (χ0n) is 16.0. The highest BCUT2D eigenvalue weighted by Gasteiger charge is 2.20. The molecule has 0 amide bonds. The Morgan fingerprint density at radius 3 is 2.92 bits per heavy atom. The first-order chi connectivity index (χ1) is 12.5. The molecular formula is C20H28N2O4. The maximum absolute atomic E-state index is 11.3. The third-order valence-corrected chi connectivity index (χ3v) is 4.32. The number of aliphatic hydroxyl groups is 1. The number of aldehydes is 1. The Morgan fingerprint density at radius 1 is 1.50 bits per heavy atom. The van der Waals surface area contributed by atoms with E-state index in [-0.39, 0.29) is 17.4 Å². The molecule has 0 atom stereocenters. The topological polar surface area (TPSA) is 73.6 Å². The smallest absolute Gasteiger partial charge is 0.157 e. The molecule has 6 heteroatoms. The van der Waals surface area contributed by atoms with Crippen LogP contribution in [0.3, 0.4) is 0 Å². The van der Waals surface area contributed by atoms with Crippen LogP contribution in [0.5, 0.6) is 0 Å². The molecule has 1 N–H and O–H groups in total. The van der Waals surface area contributed by atoms with Gasteiger partial charge >= 0.3 is 0 Å². The van der Waals surface area contributed by atoms with Gasteiger partial charge in [0.15, 0.2) is 6.29 Å². The average Bonchev–Trinajstić information content (AvgIpc) is 3.11. The van der Waals surface area contributed by atoms with Gasteiger partial charge in [0, 0.05) is 17.8 Å². The largest absolute Gasteiger partial charge is 0.507 e. The Hall–Kier alpha value is -2.34. The highest BCUT2D eigenvalue weighted by atomic mass is 16.5. The van der Waals surface area contributed by atoms with Gasteiger partial charge in [-0.3, -0.25) is 9.48 Å². The van der Waals surface area contributed by atoms with Gasteiger partial charge in [0.2, 0.25) is 0 Å². The van der Waals surface area contributed by atoms with Crippen LogP contribution in [0.2, 0.25) is 0 Å². The fraction of sp³-hybridized carbons (Fsp3) is 0.500. The van der Waals surface area contributed by atoms with Gasteiger partial charge in [0.1, 0.15) is 18.1 Å². The van der Waals surface area contributed by atoms with Gasteiger partial charge in [-0.2, -0.15) is 5.10 Å². The van der Waals surface area contributed by atoms with Gasteiger partial charge < -0.3 is 14.6 Å². The van der Waals surface area contributed by atoms with Crippen molar-refractivity contribution in [1.82, 2.24) is 9.78 Å². The van der Waals surface area contributed by atoms with Gasteiger partial charge in [-0.15, -0.1) is 0 Å². The number of aromatic nitrogens is 2. The normalized spacial score (nSPS) is 16.7. The monoisotopic (exact) mass is 360 g/mol. The molecular weight excluding hydrogens is 332 g/mol. The first-order valence-corrected chi connectivity index (χ1v) is 9.00. The molecule has 0 unspecified atom stereocenters. The molecule has 142 valence electrons. The molecule has 1 aromatic heterocycles. The predicted octanol–water partition coefficient (Wildman–Crippen LogP) is 3.98. The lowest BCUT2D eigenvalue weighted by atomic mass is 10.0. The molecule has 1 aliphatic rings. The fourth-order valence-electron chi connectivity index (χ4n) is 2.90. The lowest BCUT2D eigenvalue weighted by Gasteiger charge is -2.23. The lowest BCUT2D eigenvalue weighted by Crippen LogP contribution is -2.17. The summed E-state index contributed by atoms with van der Waals surface area (Å²) < 4.78 is 13.5. The molecule has 0 radical (unpaired) electrons. The molecule has 0 fully saturated rings. The van der Waals surface area contributed by atoms with E-state index in [2.05, 4.69) is 18.9 Å². The molecule has 0 bridgehead atoms. The maximum Gasteiger partial charge on any atom is 0.157 e. The van der Waals surface area contributed by atoms with E-state index in [1.165, 1.54) is 0 Å². The number of rotatable bonds is 8. The SMILES string of the molecule is CC/C=C(O)\C(C=O)=C(/C)OCC1=C(c2ccnn2C(C)C)COCC1. The van der Waals surface area contributed by atoms with Crippen molar-refractivity contribution in [2.24, 2.45) is 0 Å². The summed E-state index contributed by atoms with van der Waals surface area (Å²) in [5, 5.41) is 14.4. The summed E-state index contributed by atoms with van der Waals surface area (Å²) in [7, 11) is 0. The third-order valence-electron chi connectivity index (χ3n) is 4.32. The standard InChI is InChI=1S/C20H28N2O4/c1-5-6-20(24)17(11-23)15(4)26-12-16-8-10-25-13-18(16)19-7-9-21-22(19)14(2)3/h6-7,9,11,14,24H,5,8,10,12-13H2,1-4H3/b17-15+,20-6+. The molecule has 0 aromatic carbocycles. The number of hydrogen-bond acceptors (Lipinski definition) is 5. The Morgan fingerprint density at radius 2 is 2.27 bits per heavy atom. The van der Waals surface area contributed by atoms with E-state index in [1.807, 2.05) is 17.7 Å². The number of ether oxygens (including phenoxy) is 2. The van der Waals surface area contributed by atoms with Gasteiger partial charge in [-0.05, 0) is 51.3 Å². The summed E-state index contributed by atoms with van der Waals surface area (Å²) in [5.74, 6) is 0.372. The second-order valence-corrected chi connectivity index (χ2v) is 6.51. The minimum absolute atomic E-state index is 0.0425. The Balaban J connectivity index is 2.27. The van der Waals surface area contributed by atoms with Crippen LogP contribution in [-0.2, 0) is 14.3 Å². The van der Waals surface area contributed by atoms with E-state index in [9.17, 15) is 9.90 Å². The van der Waals surface area contributed by atoms with Crippen LogP contribution in [0.15, 0.2) is 41.0 Å². The third kappa shape index (κ3) is 4.64. The van der Waals surface area contributed by atoms with Crippen molar-refractivity contribution in [3.05, 3.63) is 46.7 Å². The van der Waals surface area contributed by atoms with Crippen LogP contribution in [0.4, 0.5) is 0 Å². The Labute approximate surface area is 154 Å². The first-order valence-electron chi connectivity index (χ1n) is 9.00. The number of hydrogen-bond donors (Lipinski definition) is 1. The molecule has 2 rings (SSSR count). The van der Waals surface area contributed by atoms with Crippen LogP contribution < -0.4 is 0 Å². The van der Waals surface area contributed by atoms with E-state index in [0.29, 0.717) is 38.3 Å². The van der Waals surface area contributed by atoms with Crippen molar-refractivity contribution in [3.63, 3.8) is 0 Å². The molecule has 1 aromatic rings. The van der Waals surface area contributed by atoms with Crippen LogP contribution >= 0.6 is 0 Å². The Kier molecular flexibility index (Phi) is 7.21. The second kappa shape index (κ2) is 9.38. The molecule has 2 heterocycles. The fourth-order valence-corrected chi connectivity index (χ4v) is 2.90. The van der Waals surface area contributed by atoms with Crippen LogP contribution in [-0.4, -0.2) is 41.0 Å². The summed E-state index contributed by atoms with van der Waals surface area (Å²) in [5.41, 5.74) is 3.43. The number of nitrogens with zero attached hydrogens (tertiary/aromatic N) is 2. The van der Waals surface area contributed by atoms with Gasteiger partial charge in [0.05, 0.1) is 24.5 Å². The van der Waals surface area contributed by atoms with Crippen LogP contribution in [0, 0.1) is 0 Å². The van der Waals surface area contributed by atoms with E-state index in [1.54, 1.807) is 19.2 Å². The molecule has 0 aliphatic carbocycles. The van der Waals surface area contributed by atoms with Crippen molar-refractivity contribution in [3.8, 4) is 0 Å². The number of allylic oxidation sites excluding steroid dienone is 3. The minimum Gasteiger partial charge on any atom is -0.507 e. The van der Waals surface area contributed by atoms with Gasteiger partial charge in [-0.1, -0.05) is 6.92 Å². The van der Waals surface area contributed by atoms with Crippen LogP contribution in [0.25, 0.3) is 5.57 Å². The highest BCUT2D eigenvalue weighted by Crippen LogP contribution is 2.27. The summed E-state index contributed by atoms with van der Waals surface area (Å²) in [4.78, 5) is 11.3. The average molecular weight is 360 g/mol. The second-order valence-electron chi connectivity index (χ2n) is 6.51. The van der Waals surface area contributed by atoms with E-state index in [0.717, 1.165) is 23.3 Å². The van der Waals surface area contributed by atoms with Crippen LogP contribution in [0.1, 0.15) is 52.3 Å². The first kappa shape index (κ1) is 20.0. The number of carbonyl (C=O) groups is 1. The maximum atomic E-state index is 11.3. The summed E-state index contributed by atoms with van der Waals surface area (Å²) in [6, 6.07) is 2.23. The molecule has 0 saturated heterocycles. The van der Waals surface area contributed by atoms with Crippen molar-refractivity contribution >= 4 is 11.9 Å². The molecule has 6 nitrogen and oxygen atoms in total. The molecule has 0 spiro atoms.